The van der Waals surface area contributed by atoms with Crippen molar-refractivity contribution in [2.24, 2.45) is 11.8 Å². The van der Waals surface area contributed by atoms with Gasteiger partial charge < -0.3 is 10.1 Å². The van der Waals surface area contributed by atoms with Gasteiger partial charge in [0.1, 0.15) is 12.1 Å². The molecule has 1 heterocycles. The molecule has 3 rings (SSSR count). The zero-order valence-corrected chi connectivity index (χ0v) is 14.3. The minimum Gasteiger partial charge on any atom is -0.464 e. The lowest BCUT2D eigenvalue weighted by atomic mass is 9.77. The summed E-state index contributed by atoms with van der Waals surface area (Å²) >= 11 is 0. The third kappa shape index (κ3) is 3.47. The number of allylic oxidation sites excluding steroid dienone is 2. The second kappa shape index (κ2) is 6.95. The highest BCUT2D eigenvalue weighted by Gasteiger charge is 2.52. The highest BCUT2D eigenvalue weighted by atomic mass is 16.5. The molecule has 24 heavy (non-hydrogen) atoms. The summed E-state index contributed by atoms with van der Waals surface area (Å²) in [5.74, 6) is 0.142. The van der Waals surface area contributed by atoms with Crippen LogP contribution in [-0.2, 0) is 14.3 Å². The number of ether oxygens (including phenoxy) is 1. The van der Waals surface area contributed by atoms with Crippen molar-refractivity contribution in [3.63, 3.8) is 0 Å². The standard InChI is InChI=1S/C18H26N2O4/c1-13-7-9-18(10-8-13)16(22)20(17(23)19-18)11-15(21)24-12-14-5-3-2-4-6-14/h2-3,13-14H,4-12H2,1H3,(H,19,23). The zero-order chi connectivity index (χ0) is 17.2. The van der Waals surface area contributed by atoms with Crippen LogP contribution in [0.3, 0.4) is 0 Å². The second-order valence-electron chi connectivity index (χ2n) is 7.42. The van der Waals surface area contributed by atoms with E-state index in [1.807, 2.05) is 0 Å². The molecule has 0 radical (unpaired) electrons. The topological polar surface area (TPSA) is 75.7 Å². The Hall–Kier alpha value is -1.85. The number of nitrogens with one attached hydrogen (secondary N) is 1. The molecule has 2 aliphatic carbocycles. The van der Waals surface area contributed by atoms with Gasteiger partial charge in [0, 0.05) is 0 Å². The Bertz CT molecular complexity index is 549. The van der Waals surface area contributed by atoms with E-state index in [-0.39, 0.29) is 12.5 Å². The van der Waals surface area contributed by atoms with Crippen LogP contribution in [0.15, 0.2) is 12.2 Å². The molecular formula is C18H26N2O4. The fraction of sp³-hybridized carbons (Fsp3) is 0.722. The summed E-state index contributed by atoms with van der Waals surface area (Å²) < 4.78 is 5.29. The summed E-state index contributed by atoms with van der Waals surface area (Å²) in [6, 6.07) is -0.466. The van der Waals surface area contributed by atoms with E-state index in [0.717, 1.165) is 37.0 Å². The Balaban J connectivity index is 1.52. The molecule has 1 unspecified atom stereocenters. The number of carbonyl (C=O) groups is 3. The number of rotatable bonds is 4. The van der Waals surface area contributed by atoms with E-state index in [9.17, 15) is 14.4 Å². The van der Waals surface area contributed by atoms with Gasteiger partial charge in [-0.3, -0.25) is 14.5 Å². The Morgan fingerprint density at radius 3 is 2.71 bits per heavy atom. The highest BCUT2D eigenvalue weighted by molar-refractivity contribution is 6.08. The number of hydrogen-bond acceptors (Lipinski definition) is 4. The van der Waals surface area contributed by atoms with Crippen LogP contribution >= 0.6 is 0 Å². The number of amides is 3. The van der Waals surface area contributed by atoms with Crippen LogP contribution in [0, 0.1) is 11.8 Å². The third-order valence-electron chi connectivity index (χ3n) is 5.52. The predicted octanol–water partition coefficient (Wildman–Crippen LogP) is 2.39. The molecule has 1 saturated carbocycles. The molecule has 1 aliphatic heterocycles. The molecule has 0 aromatic carbocycles. The van der Waals surface area contributed by atoms with Crippen molar-refractivity contribution in [1.29, 1.82) is 0 Å². The van der Waals surface area contributed by atoms with Gasteiger partial charge in [-0.1, -0.05) is 19.1 Å². The number of imide groups is 1. The maximum atomic E-state index is 12.7. The summed E-state index contributed by atoms with van der Waals surface area (Å²) in [7, 11) is 0. The lowest BCUT2D eigenvalue weighted by molar-refractivity contribution is -0.149. The summed E-state index contributed by atoms with van der Waals surface area (Å²) in [5.41, 5.74) is -0.794. The average Bonchev–Trinajstić information content (AvgIpc) is 2.81. The van der Waals surface area contributed by atoms with E-state index in [4.69, 9.17) is 4.74 Å². The summed E-state index contributed by atoms with van der Waals surface area (Å²) in [5, 5.41) is 2.82. The largest absolute Gasteiger partial charge is 0.464 e. The van der Waals surface area contributed by atoms with Crippen molar-refractivity contribution < 1.29 is 19.1 Å². The normalized spacial score (nSPS) is 33.0. The van der Waals surface area contributed by atoms with Crippen LogP contribution in [-0.4, -0.2) is 41.5 Å². The van der Waals surface area contributed by atoms with Crippen LogP contribution in [0.5, 0.6) is 0 Å². The minimum atomic E-state index is -0.794. The number of urea groups is 1. The number of hydrogen-bond donors (Lipinski definition) is 1. The van der Waals surface area contributed by atoms with Gasteiger partial charge in [0.05, 0.1) is 6.61 Å². The van der Waals surface area contributed by atoms with Gasteiger partial charge in [-0.05, 0) is 56.8 Å². The molecule has 1 saturated heterocycles. The quantitative estimate of drug-likeness (QED) is 0.486. The first-order chi connectivity index (χ1) is 11.5. The van der Waals surface area contributed by atoms with Crippen molar-refractivity contribution in [3.8, 4) is 0 Å². The van der Waals surface area contributed by atoms with E-state index < -0.39 is 17.5 Å². The van der Waals surface area contributed by atoms with E-state index in [2.05, 4.69) is 24.4 Å². The van der Waals surface area contributed by atoms with Crippen molar-refractivity contribution >= 4 is 17.9 Å². The van der Waals surface area contributed by atoms with Crippen LogP contribution in [0.1, 0.15) is 51.9 Å². The zero-order valence-electron chi connectivity index (χ0n) is 14.3. The van der Waals surface area contributed by atoms with Crippen molar-refractivity contribution in [2.75, 3.05) is 13.2 Å². The van der Waals surface area contributed by atoms with Crippen LogP contribution < -0.4 is 5.32 Å². The molecule has 1 N–H and O–H groups in total. The van der Waals surface area contributed by atoms with Gasteiger partial charge in [0.25, 0.3) is 5.91 Å². The Labute approximate surface area is 142 Å². The minimum absolute atomic E-state index is 0.267. The first kappa shape index (κ1) is 17.0. The molecule has 1 spiro atoms. The smallest absolute Gasteiger partial charge is 0.326 e. The van der Waals surface area contributed by atoms with Gasteiger partial charge in [-0.15, -0.1) is 0 Å². The van der Waals surface area contributed by atoms with Crippen LogP contribution in [0.4, 0.5) is 4.79 Å². The molecule has 3 aliphatic rings. The number of nitrogens with zero attached hydrogens (tertiary/aromatic N) is 1. The van der Waals surface area contributed by atoms with Gasteiger partial charge in [0.2, 0.25) is 0 Å². The average molecular weight is 334 g/mol. The maximum Gasteiger partial charge on any atom is 0.326 e. The molecule has 6 nitrogen and oxygen atoms in total. The third-order valence-corrected chi connectivity index (χ3v) is 5.52. The van der Waals surface area contributed by atoms with E-state index in [1.165, 1.54) is 0 Å². The predicted molar refractivity (Wildman–Crippen MR) is 88.0 cm³/mol. The van der Waals surface area contributed by atoms with Gasteiger partial charge >= 0.3 is 12.0 Å². The molecule has 0 aromatic heterocycles. The first-order valence-electron chi connectivity index (χ1n) is 8.95. The molecule has 132 valence electrons. The molecule has 6 heteroatoms. The van der Waals surface area contributed by atoms with E-state index in [1.54, 1.807) is 0 Å². The van der Waals surface area contributed by atoms with Gasteiger partial charge in [0.15, 0.2) is 0 Å². The fourth-order valence-electron chi connectivity index (χ4n) is 3.81. The van der Waals surface area contributed by atoms with Crippen molar-refractivity contribution in [2.45, 2.75) is 57.4 Å². The maximum absolute atomic E-state index is 12.7. The molecule has 0 aromatic rings. The van der Waals surface area contributed by atoms with Gasteiger partial charge in [-0.2, -0.15) is 0 Å². The number of esters is 1. The van der Waals surface area contributed by atoms with Crippen molar-refractivity contribution in [1.82, 2.24) is 10.2 Å². The highest BCUT2D eigenvalue weighted by Crippen LogP contribution is 2.36. The Morgan fingerprint density at radius 2 is 2.04 bits per heavy atom. The molecule has 2 fully saturated rings. The molecular weight excluding hydrogens is 308 g/mol. The molecule has 0 bridgehead atoms. The summed E-state index contributed by atoms with van der Waals surface area (Å²) in [4.78, 5) is 37.9. The summed E-state index contributed by atoms with van der Waals surface area (Å²) in [6.07, 6.45) is 10.3. The molecule has 1 atom stereocenters. The van der Waals surface area contributed by atoms with Crippen LogP contribution in [0.25, 0.3) is 0 Å². The monoisotopic (exact) mass is 334 g/mol. The van der Waals surface area contributed by atoms with Crippen LogP contribution in [0.2, 0.25) is 0 Å². The van der Waals surface area contributed by atoms with Crippen molar-refractivity contribution in [3.05, 3.63) is 12.2 Å². The Morgan fingerprint density at radius 1 is 1.29 bits per heavy atom. The SMILES string of the molecule is CC1CCC2(CC1)NC(=O)N(CC(=O)OCC1CC=CCC1)C2=O. The second-order valence-corrected chi connectivity index (χ2v) is 7.42. The lowest BCUT2D eigenvalue weighted by Crippen LogP contribution is -2.49. The van der Waals surface area contributed by atoms with E-state index in [0.29, 0.717) is 31.3 Å². The van der Waals surface area contributed by atoms with Gasteiger partial charge in [-0.25, -0.2) is 4.79 Å². The van der Waals surface area contributed by atoms with E-state index >= 15 is 0 Å². The number of carbonyl (C=O) groups excluding carboxylic acids is 3. The first-order valence-corrected chi connectivity index (χ1v) is 8.95. The Kier molecular flexibility index (Phi) is 4.92. The summed E-state index contributed by atoms with van der Waals surface area (Å²) in [6.45, 7) is 2.23. The fourth-order valence-corrected chi connectivity index (χ4v) is 3.81. The molecule has 3 amide bonds. The lowest BCUT2D eigenvalue weighted by Gasteiger charge is -2.33.